The van der Waals surface area contributed by atoms with Gasteiger partial charge in [-0.15, -0.1) is 0 Å². The molecule has 0 radical (unpaired) electrons. The number of rotatable bonds is 7. The van der Waals surface area contributed by atoms with E-state index in [1.54, 1.807) is 0 Å². The van der Waals surface area contributed by atoms with Crippen LogP contribution in [0.1, 0.15) is 13.3 Å². The number of carbonyl (C=O) groups excluding carboxylic acids is 1. The molecule has 0 aliphatic carbocycles. The van der Waals surface area contributed by atoms with Gasteiger partial charge >= 0.3 is 0 Å². The number of carbonyl (C=O) groups is 1. The van der Waals surface area contributed by atoms with Crippen LogP contribution in [0, 0.1) is 0 Å². The van der Waals surface area contributed by atoms with Crippen molar-refractivity contribution < 1.29 is 9.53 Å². The van der Waals surface area contributed by atoms with Gasteiger partial charge in [0.05, 0.1) is 0 Å². The lowest BCUT2D eigenvalue weighted by molar-refractivity contribution is -0.125. The third-order valence-corrected chi connectivity index (χ3v) is 3.01. The summed E-state index contributed by atoms with van der Waals surface area (Å²) in [5.74, 6) is -0.00905. The lowest BCUT2D eigenvalue weighted by atomic mass is 10.3. The summed E-state index contributed by atoms with van der Waals surface area (Å²) < 4.78 is 5.03. The molecule has 1 N–H and O–H groups in total. The maximum Gasteiger partial charge on any atom is 0.245 e. The van der Waals surface area contributed by atoms with Crippen molar-refractivity contribution >= 4 is 5.91 Å². The largest absolute Gasteiger partial charge is 0.372 e. The molecule has 0 bridgehead atoms. The highest BCUT2D eigenvalue weighted by molar-refractivity contribution is 5.77. The number of amides is 1. The number of likely N-dealkylation sites (N-methyl/N-ethyl adjacent to an activating group) is 1. The maximum absolute atomic E-state index is 11.2. The van der Waals surface area contributed by atoms with Crippen LogP contribution in [0.5, 0.6) is 0 Å². The first kappa shape index (κ1) is 14.4. The van der Waals surface area contributed by atoms with Crippen molar-refractivity contribution in [3.63, 3.8) is 0 Å². The minimum Gasteiger partial charge on any atom is -0.372 e. The zero-order chi connectivity index (χ0) is 12.5. The summed E-state index contributed by atoms with van der Waals surface area (Å²) in [6.45, 7) is 9.07. The molecule has 1 fully saturated rings. The highest BCUT2D eigenvalue weighted by Crippen LogP contribution is 1.99. The first-order chi connectivity index (χ1) is 8.22. The third kappa shape index (κ3) is 6.61. The van der Waals surface area contributed by atoms with E-state index in [0.717, 1.165) is 45.7 Å². The van der Waals surface area contributed by atoms with E-state index in [4.69, 9.17) is 4.74 Å². The molecule has 1 amide bonds. The zero-order valence-corrected chi connectivity index (χ0v) is 11.1. The van der Waals surface area contributed by atoms with Crippen LogP contribution in [0.25, 0.3) is 0 Å². The second-order valence-corrected chi connectivity index (χ2v) is 4.49. The molecular formula is C12H25N3O2. The normalized spacial score (nSPS) is 18.2. The van der Waals surface area contributed by atoms with Gasteiger partial charge in [-0.3, -0.25) is 4.79 Å². The average Bonchev–Trinajstić information content (AvgIpc) is 2.34. The van der Waals surface area contributed by atoms with Crippen molar-refractivity contribution in [1.29, 1.82) is 0 Å². The van der Waals surface area contributed by atoms with Crippen LogP contribution in [0.3, 0.4) is 0 Å². The topological polar surface area (TPSA) is 44.8 Å². The Labute approximate surface area is 104 Å². The monoisotopic (exact) mass is 243 g/mol. The van der Waals surface area contributed by atoms with E-state index in [0.29, 0.717) is 6.61 Å². The van der Waals surface area contributed by atoms with Gasteiger partial charge in [-0.25, -0.2) is 0 Å². The average molecular weight is 243 g/mol. The molecule has 17 heavy (non-hydrogen) atoms. The molecular weight excluding hydrogens is 218 g/mol. The smallest absolute Gasteiger partial charge is 0.245 e. The van der Waals surface area contributed by atoms with Crippen molar-refractivity contribution in [2.24, 2.45) is 0 Å². The molecule has 1 aliphatic heterocycles. The van der Waals surface area contributed by atoms with Crippen LogP contribution >= 0.6 is 0 Å². The first-order valence-electron chi connectivity index (χ1n) is 6.47. The summed E-state index contributed by atoms with van der Waals surface area (Å²) in [5.41, 5.74) is 0. The number of ether oxygens (including phenoxy) is 1. The molecule has 1 aliphatic rings. The van der Waals surface area contributed by atoms with E-state index < -0.39 is 0 Å². The highest BCUT2D eigenvalue weighted by Gasteiger charge is 2.12. The third-order valence-electron chi connectivity index (χ3n) is 3.01. The fraction of sp³-hybridized carbons (Fsp3) is 0.917. The molecule has 0 aromatic heterocycles. The van der Waals surface area contributed by atoms with Gasteiger partial charge in [0.2, 0.25) is 5.91 Å². The van der Waals surface area contributed by atoms with Crippen molar-refractivity contribution in [3.8, 4) is 0 Å². The summed E-state index contributed by atoms with van der Waals surface area (Å²) in [6, 6.07) is 0. The van der Waals surface area contributed by atoms with E-state index in [-0.39, 0.29) is 12.5 Å². The van der Waals surface area contributed by atoms with Gasteiger partial charge in [0.15, 0.2) is 0 Å². The predicted molar refractivity (Wildman–Crippen MR) is 68.1 cm³/mol. The molecule has 0 aromatic rings. The Hall–Kier alpha value is -0.650. The van der Waals surface area contributed by atoms with E-state index >= 15 is 0 Å². The summed E-state index contributed by atoms with van der Waals surface area (Å²) in [5, 5.41) is 2.86. The SMILES string of the molecule is CCOCC(=O)NCCCN1CCN(C)CC1. The van der Waals surface area contributed by atoms with Gasteiger partial charge in [0, 0.05) is 39.3 Å². The Morgan fingerprint density at radius 3 is 2.65 bits per heavy atom. The minimum absolute atomic E-state index is 0.00905. The number of piperazine rings is 1. The van der Waals surface area contributed by atoms with E-state index in [9.17, 15) is 4.79 Å². The Bertz CT molecular complexity index is 216. The summed E-state index contributed by atoms with van der Waals surface area (Å²) in [4.78, 5) is 16.0. The van der Waals surface area contributed by atoms with E-state index in [2.05, 4.69) is 22.2 Å². The summed E-state index contributed by atoms with van der Waals surface area (Å²) >= 11 is 0. The number of hydrogen-bond donors (Lipinski definition) is 1. The Morgan fingerprint density at radius 2 is 2.00 bits per heavy atom. The number of nitrogens with zero attached hydrogens (tertiary/aromatic N) is 2. The van der Waals surface area contributed by atoms with Crippen LogP contribution in [-0.2, 0) is 9.53 Å². The van der Waals surface area contributed by atoms with Gasteiger partial charge in [0.1, 0.15) is 6.61 Å². The number of hydrogen-bond acceptors (Lipinski definition) is 4. The summed E-state index contributed by atoms with van der Waals surface area (Å²) in [7, 11) is 2.16. The molecule has 0 unspecified atom stereocenters. The van der Waals surface area contributed by atoms with Crippen LogP contribution in [0.15, 0.2) is 0 Å². The molecule has 5 nitrogen and oxygen atoms in total. The van der Waals surface area contributed by atoms with Crippen molar-refractivity contribution in [2.45, 2.75) is 13.3 Å². The lowest BCUT2D eigenvalue weighted by Gasteiger charge is -2.32. The molecule has 0 spiro atoms. The summed E-state index contributed by atoms with van der Waals surface area (Å²) in [6.07, 6.45) is 1.02. The molecule has 1 saturated heterocycles. The van der Waals surface area contributed by atoms with Gasteiger partial charge in [-0.2, -0.15) is 0 Å². The van der Waals surface area contributed by atoms with Crippen molar-refractivity contribution in [1.82, 2.24) is 15.1 Å². The van der Waals surface area contributed by atoms with E-state index in [1.165, 1.54) is 0 Å². The van der Waals surface area contributed by atoms with Crippen molar-refractivity contribution in [3.05, 3.63) is 0 Å². The second kappa shape index (κ2) is 8.44. The molecule has 1 heterocycles. The quantitative estimate of drug-likeness (QED) is 0.628. The van der Waals surface area contributed by atoms with Gasteiger partial charge in [-0.05, 0) is 26.9 Å². The van der Waals surface area contributed by atoms with E-state index in [1.807, 2.05) is 6.92 Å². The van der Waals surface area contributed by atoms with Crippen LogP contribution in [-0.4, -0.2) is 75.2 Å². The fourth-order valence-electron chi connectivity index (χ4n) is 1.85. The van der Waals surface area contributed by atoms with Gasteiger partial charge in [0.25, 0.3) is 0 Å². The molecule has 0 saturated carbocycles. The molecule has 100 valence electrons. The second-order valence-electron chi connectivity index (χ2n) is 4.49. The van der Waals surface area contributed by atoms with Gasteiger partial charge < -0.3 is 19.9 Å². The molecule has 0 atom stereocenters. The predicted octanol–water partition coefficient (Wildman–Crippen LogP) is -0.223. The maximum atomic E-state index is 11.2. The first-order valence-corrected chi connectivity index (χ1v) is 6.47. The van der Waals surface area contributed by atoms with Crippen molar-refractivity contribution in [2.75, 3.05) is 59.5 Å². The minimum atomic E-state index is -0.00905. The Kier molecular flexibility index (Phi) is 7.16. The lowest BCUT2D eigenvalue weighted by Crippen LogP contribution is -2.45. The highest BCUT2D eigenvalue weighted by atomic mass is 16.5. The molecule has 5 heteroatoms. The van der Waals surface area contributed by atoms with Crippen LogP contribution < -0.4 is 5.32 Å². The standard InChI is InChI=1S/C12H25N3O2/c1-3-17-11-12(16)13-5-4-6-15-9-7-14(2)8-10-15/h3-11H2,1-2H3,(H,13,16). The van der Waals surface area contributed by atoms with Crippen LogP contribution in [0.2, 0.25) is 0 Å². The Balaban J connectivity index is 1.95. The number of nitrogens with one attached hydrogen (secondary N) is 1. The Morgan fingerprint density at radius 1 is 1.29 bits per heavy atom. The molecule has 0 aromatic carbocycles. The van der Waals surface area contributed by atoms with Crippen LogP contribution in [0.4, 0.5) is 0 Å². The zero-order valence-electron chi connectivity index (χ0n) is 11.1. The van der Waals surface area contributed by atoms with Gasteiger partial charge in [-0.1, -0.05) is 0 Å². The molecule has 1 rings (SSSR count). The fourth-order valence-corrected chi connectivity index (χ4v) is 1.85.